The van der Waals surface area contributed by atoms with Crippen LogP contribution in [0.2, 0.25) is 0 Å². The first-order valence-electron chi connectivity index (χ1n) is 10.5. The summed E-state index contributed by atoms with van der Waals surface area (Å²) in [6.07, 6.45) is 9.20. The van der Waals surface area contributed by atoms with Gasteiger partial charge in [-0.3, -0.25) is 4.79 Å². The zero-order chi connectivity index (χ0) is 19.8. The summed E-state index contributed by atoms with van der Waals surface area (Å²) in [7, 11) is 1.65. The van der Waals surface area contributed by atoms with E-state index in [-0.39, 0.29) is 0 Å². The quantitative estimate of drug-likeness (QED) is 0.776. The van der Waals surface area contributed by atoms with E-state index in [0.717, 1.165) is 37.3 Å². The third kappa shape index (κ3) is 3.43. The number of carbonyl (C=O) groups is 1. The van der Waals surface area contributed by atoms with Crippen LogP contribution in [0.4, 0.5) is 0 Å². The summed E-state index contributed by atoms with van der Waals surface area (Å²) in [6, 6.07) is 4.26. The molecule has 1 aromatic carbocycles. The maximum absolute atomic E-state index is 12.6. The van der Waals surface area contributed by atoms with E-state index in [0.29, 0.717) is 54.8 Å². The highest BCUT2D eigenvalue weighted by atomic mass is 16.6. The van der Waals surface area contributed by atoms with Crippen LogP contribution < -0.4 is 14.2 Å². The van der Waals surface area contributed by atoms with Crippen molar-refractivity contribution in [1.82, 2.24) is 14.5 Å². The molecule has 1 saturated carbocycles. The molecule has 1 aliphatic carbocycles. The molecule has 0 spiro atoms. The van der Waals surface area contributed by atoms with Gasteiger partial charge in [0.15, 0.2) is 11.5 Å². The molecule has 0 bridgehead atoms. The molecule has 2 fully saturated rings. The number of carbonyl (C=O) groups excluding carboxylic acids is 1. The van der Waals surface area contributed by atoms with Crippen molar-refractivity contribution < 1.29 is 19.0 Å². The molecule has 2 aliphatic heterocycles. The molecular formula is C22H27N3O4. The zero-order valence-electron chi connectivity index (χ0n) is 16.8. The van der Waals surface area contributed by atoms with Gasteiger partial charge in [-0.25, -0.2) is 4.98 Å². The van der Waals surface area contributed by atoms with E-state index in [1.165, 1.54) is 12.8 Å². The van der Waals surface area contributed by atoms with Crippen LogP contribution in [-0.4, -0.2) is 53.3 Å². The minimum absolute atomic E-state index is 0.305. The van der Waals surface area contributed by atoms with Gasteiger partial charge in [0.2, 0.25) is 5.91 Å². The Labute approximate surface area is 170 Å². The lowest BCUT2D eigenvalue weighted by Gasteiger charge is -2.24. The van der Waals surface area contributed by atoms with Crippen LogP contribution in [0.15, 0.2) is 24.5 Å². The lowest BCUT2D eigenvalue weighted by Crippen LogP contribution is -2.34. The van der Waals surface area contributed by atoms with E-state index >= 15 is 0 Å². The smallest absolute Gasteiger partial charge is 0.223 e. The second-order valence-corrected chi connectivity index (χ2v) is 8.15. The Bertz CT molecular complexity index is 903. The Morgan fingerprint density at radius 1 is 1.17 bits per heavy atom. The summed E-state index contributed by atoms with van der Waals surface area (Å²) >= 11 is 0. The van der Waals surface area contributed by atoms with Crippen molar-refractivity contribution in [2.24, 2.45) is 5.92 Å². The van der Waals surface area contributed by atoms with E-state index in [1.807, 2.05) is 18.3 Å². The number of ether oxygens (including phenoxy) is 3. The summed E-state index contributed by atoms with van der Waals surface area (Å²) in [5.74, 6) is 3.55. The monoisotopic (exact) mass is 397 g/mol. The molecule has 1 saturated heterocycles. The average Bonchev–Trinajstić information content (AvgIpc) is 3.48. The summed E-state index contributed by atoms with van der Waals surface area (Å²) in [6.45, 7) is 2.69. The van der Waals surface area contributed by atoms with Crippen LogP contribution in [0.3, 0.4) is 0 Å². The van der Waals surface area contributed by atoms with Crippen molar-refractivity contribution in [3.8, 4) is 28.6 Å². The average molecular weight is 397 g/mol. The number of aromatic nitrogens is 2. The molecule has 1 unspecified atom stereocenters. The molecule has 1 amide bonds. The van der Waals surface area contributed by atoms with Crippen molar-refractivity contribution in [3.05, 3.63) is 24.5 Å². The third-order valence-electron chi connectivity index (χ3n) is 6.28. The van der Waals surface area contributed by atoms with Gasteiger partial charge in [0.05, 0.1) is 12.7 Å². The van der Waals surface area contributed by atoms with Crippen molar-refractivity contribution in [2.45, 2.75) is 44.7 Å². The summed E-state index contributed by atoms with van der Waals surface area (Å²) in [5.41, 5.74) is 0.874. The van der Waals surface area contributed by atoms with Crippen LogP contribution in [0.5, 0.6) is 17.2 Å². The number of hydrogen-bond donors (Lipinski definition) is 0. The summed E-state index contributed by atoms with van der Waals surface area (Å²) in [4.78, 5) is 19.3. The van der Waals surface area contributed by atoms with Crippen molar-refractivity contribution in [1.29, 1.82) is 0 Å². The minimum Gasteiger partial charge on any atom is -0.496 e. The molecule has 3 heterocycles. The first-order chi connectivity index (χ1) is 14.2. The van der Waals surface area contributed by atoms with Gasteiger partial charge in [-0.15, -0.1) is 0 Å². The number of rotatable bonds is 5. The molecular weight excluding hydrogens is 370 g/mol. The largest absolute Gasteiger partial charge is 0.496 e. The lowest BCUT2D eigenvalue weighted by molar-refractivity contribution is -0.129. The fourth-order valence-electron chi connectivity index (χ4n) is 4.89. The Hall–Kier alpha value is -2.70. The predicted octanol–water partition coefficient (Wildman–Crippen LogP) is 3.12. The van der Waals surface area contributed by atoms with Gasteiger partial charge in [-0.05, 0) is 18.9 Å². The second-order valence-electron chi connectivity index (χ2n) is 8.15. The standard InChI is InChI=1S/C22H27N3O4/c1-27-18-12-20-19(28-8-9-29-20)11-17(18)22-23-6-7-24(22)13-15-10-21(26)25(14-15)16-4-2-3-5-16/h6-7,11-12,15-16H,2-5,8-10,13-14H2,1H3. The highest BCUT2D eigenvalue weighted by Crippen LogP contribution is 2.41. The van der Waals surface area contributed by atoms with E-state index in [1.54, 1.807) is 13.3 Å². The highest BCUT2D eigenvalue weighted by Gasteiger charge is 2.35. The van der Waals surface area contributed by atoms with E-state index in [2.05, 4.69) is 14.5 Å². The first kappa shape index (κ1) is 18.3. The molecule has 5 rings (SSSR count). The fraction of sp³-hybridized carbons (Fsp3) is 0.545. The van der Waals surface area contributed by atoms with Gasteiger partial charge < -0.3 is 23.7 Å². The molecule has 0 radical (unpaired) electrons. The van der Waals surface area contributed by atoms with Crippen LogP contribution in [0.1, 0.15) is 32.1 Å². The molecule has 2 aromatic rings. The van der Waals surface area contributed by atoms with Crippen molar-refractivity contribution >= 4 is 5.91 Å². The van der Waals surface area contributed by atoms with Gasteiger partial charge in [-0.1, -0.05) is 12.8 Å². The number of benzene rings is 1. The Morgan fingerprint density at radius 3 is 2.69 bits per heavy atom. The van der Waals surface area contributed by atoms with Gasteiger partial charge in [0.1, 0.15) is 24.8 Å². The Morgan fingerprint density at radius 2 is 1.93 bits per heavy atom. The van der Waals surface area contributed by atoms with E-state index in [4.69, 9.17) is 14.2 Å². The molecule has 7 heteroatoms. The normalized spacial score (nSPS) is 21.8. The molecule has 0 N–H and O–H groups in total. The number of nitrogens with zero attached hydrogens (tertiary/aromatic N) is 3. The van der Waals surface area contributed by atoms with Crippen LogP contribution in [0, 0.1) is 5.92 Å². The number of fused-ring (bicyclic) bond motifs is 1. The first-order valence-corrected chi connectivity index (χ1v) is 10.5. The number of amides is 1. The number of hydrogen-bond acceptors (Lipinski definition) is 5. The van der Waals surface area contributed by atoms with Gasteiger partial charge in [0.25, 0.3) is 0 Å². The molecule has 1 aromatic heterocycles. The maximum Gasteiger partial charge on any atom is 0.223 e. The highest BCUT2D eigenvalue weighted by molar-refractivity contribution is 5.79. The topological polar surface area (TPSA) is 65.8 Å². The molecule has 1 atom stereocenters. The number of imidazole rings is 1. The van der Waals surface area contributed by atoms with E-state index < -0.39 is 0 Å². The second kappa shape index (κ2) is 7.61. The van der Waals surface area contributed by atoms with Gasteiger partial charge in [0, 0.05) is 49.9 Å². The third-order valence-corrected chi connectivity index (χ3v) is 6.28. The fourth-order valence-corrected chi connectivity index (χ4v) is 4.89. The Kier molecular flexibility index (Phi) is 4.81. The minimum atomic E-state index is 0.305. The number of likely N-dealkylation sites (tertiary alicyclic amines) is 1. The zero-order valence-corrected chi connectivity index (χ0v) is 16.8. The lowest BCUT2D eigenvalue weighted by atomic mass is 10.1. The van der Waals surface area contributed by atoms with Gasteiger partial charge in [-0.2, -0.15) is 0 Å². The summed E-state index contributed by atoms with van der Waals surface area (Å²) < 4.78 is 19.2. The van der Waals surface area contributed by atoms with Crippen LogP contribution in [-0.2, 0) is 11.3 Å². The number of methoxy groups -OCH3 is 1. The van der Waals surface area contributed by atoms with Crippen molar-refractivity contribution in [2.75, 3.05) is 26.9 Å². The van der Waals surface area contributed by atoms with Crippen LogP contribution >= 0.6 is 0 Å². The summed E-state index contributed by atoms with van der Waals surface area (Å²) in [5, 5.41) is 0. The predicted molar refractivity (Wildman–Crippen MR) is 107 cm³/mol. The SMILES string of the molecule is COc1cc2c(cc1-c1nccn1CC1CC(=O)N(C3CCCC3)C1)OCCO2. The molecule has 29 heavy (non-hydrogen) atoms. The maximum atomic E-state index is 12.6. The van der Waals surface area contributed by atoms with E-state index in [9.17, 15) is 4.79 Å². The Balaban J connectivity index is 1.38. The van der Waals surface area contributed by atoms with Gasteiger partial charge >= 0.3 is 0 Å². The van der Waals surface area contributed by atoms with Crippen LogP contribution in [0.25, 0.3) is 11.4 Å². The molecule has 154 valence electrons. The molecule has 7 nitrogen and oxygen atoms in total. The molecule has 3 aliphatic rings. The van der Waals surface area contributed by atoms with Crippen molar-refractivity contribution in [3.63, 3.8) is 0 Å².